The van der Waals surface area contributed by atoms with Crippen molar-refractivity contribution in [1.82, 2.24) is 24.8 Å². The third-order valence-corrected chi connectivity index (χ3v) is 6.62. The van der Waals surface area contributed by atoms with Gasteiger partial charge in [-0.25, -0.2) is 9.97 Å². The van der Waals surface area contributed by atoms with E-state index in [0.717, 1.165) is 37.4 Å². The predicted molar refractivity (Wildman–Crippen MR) is 138 cm³/mol. The molecule has 1 aliphatic heterocycles. The van der Waals surface area contributed by atoms with E-state index in [1.807, 2.05) is 0 Å². The minimum atomic E-state index is -0.892. The van der Waals surface area contributed by atoms with Crippen LogP contribution in [0.25, 0.3) is 22.4 Å². The van der Waals surface area contributed by atoms with Gasteiger partial charge in [0.2, 0.25) is 0 Å². The lowest BCUT2D eigenvalue weighted by Gasteiger charge is -2.34. The quantitative estimate of drug-likeness (QED) is 0.466. The largest absolute Gasteiger partial charge is 0.384 e. The van der Waals surface area contributed by atoms with Gasteiger partial charge >= 0.3 is 0 Å². The molecule has 0 spiro atoms. The van der Waals surface area contributed by atoms with Crippen LogP contribution in [0.5, 0.6) is 0 Å². The number of anilines is 1. The first-order valence-corrected chi connectivity index (χ1v) is 11.8. The number of nitrogens with one attached hydrogen (secondary N) is 1. The molecule has 0 saturated carbocycles. The standard InChI is InChI=1S/C27H30N6O2/c1-31(2)27(35)20-6-4-19(5-7-20)25(34)22-16-28-26-24(22)30-23(17-29-26)18-8-10-21(11-9-18)33-14-12-32(3)13-15-33/h4-11,16-17,25,34H,12-15H2,1-3H3,(H,28,29). The fourth-order valence-corrected chi connectivity index (χ4v) is 4.41. The predicted octanol–water partition coefficient (Wildman–Crippen LogP) is 3.16. The molecular weight excluding hydrogens is 440 g/mol. The van der Waals surface area contributed by atoms with Gasteiger partial charge in [-0.1, -0.05) is 24.3 Å². The Labute approximate surface area is 204 Å². The summed E-state index contributed by atoms with van der Waals surface area (Å²) in [6.45, 7) is 4.18. The summed E-state index contributed by atoms with van der Waals surface area (Å²) in [6, 6.07) is 15.4. The van der Waals surface area contributed by atoms with Crippen molar-refractivity contribution >= 4 is 22.8 Å². The molecule has 3 heterocycles. The zero-order valence-electron chi connectivity index (χ0n) is 20.3. The summed E-state index contributed by atoms with van der Waals surface area (Å²) in [5.41, 5.74) is 6.10. The molecule has 2 aromatic carbocycles. The number of aliphatic hydroxyl groups is 1. The Morgan fingerprint density at radius 3 is 2.37 bits per heavy atom. The molecule has 0 aliphatic carbocycles. The van der Waals surface area contributed by atoms with Gasteiger partial charge in [-0.2, -0.15) is 0 Å². The van der Waals surface area contributed by atoms with Gasteiger partial charge in [0, 0.05) is 68.8 Å². The Kier molecular flexibility index (Phi) is 6.23. The fourth-order valence-electron chi connectivity index (χ4n) is 4.41. The smallest absolute Gasteiger partial charge is 0.253 e. The van der Waals surface area contributed by atoms with Crippen molar-refractivity contribution in [3.05, 3.63) is 77.6 Å². The zero-order chi connectivity index (χ0) is 24.5. The fraction of sp³-hybridized carbons (Fsp3) is 0.296. The van der Waals surface area contributed by atoms with Crippen molar-refractivity contribution in [2.45, 2.75) is 6.10 Å². The number of aromatic nitrogens is 3. The van der Waals surface area contributed by atoms with E-state index in [1.54, 1.807) is 50.8 Å². The maximum absolute atomic E-state index is 12.2. The van der Waals surface area contributed by atoms with E-state index in [0.29, 0.717) is 27.9 Å². The minimum absolute atomic E-state index is 0.0766. The van der Waals surface area contributed by atoms with Crippen LogP contribution in [0, 0.1) is 0 Å². The summed E-state index contributed by atoms with van der Waals surface area (Å²) < 4.78 is 0. The summed E-state index contributed by atoms with van der Waals surface area (Å²) in [6.07, 6.45) is 2.60. The molecule has 2 aromatic heterocycles. The number of amides is 1. The number of aromatic amines is 1. The average Bonchev–Trinajstić information content (AvgIpc) is 3.32. The maximum atomic E-state index is 12.2. The molecule has 8 nitrogen and oxygen atoms in total. The Hall–Kier alpha value is -3.75. The number of aliphatic hydroxyl groups excluding tert-OH is 1. The van der Waals surface area contributed by atoms with E-state index in [9.17, 15) is 9.90 Å². The van der Waals surface area contributed by atoms with Crippen molar-refractivity contribution in [3.8, 4) is 11.3 Å². The van der Waals surface area contributed by atoms with E-state index < -0.39 is 6.10 Å². The third kappa shape index (κ3) is 4.62. The highest BCUT2D eigenvalue weighted by Crippen LogP contribution is 2.30. The van der Waals surface area contributed by atoms with Gasteiger partial charge in [-0.15, -0.1) is 0 Å². The molecule has 2 N–H and O–H groups in total. The molecule has 4 aromatic rings. The second-order valence-electron chi connectivity index (χ2n) is 9.26. The van der Waals surface area contributed by atoms with Gasteiger partial charge < -0.3 is 24.8 Å². The van der Waals surface area contributed by atoms with E-state index in [4.69, 9.17) is 4.98 Å². The first-order valence-electron chi connectivity index (χ1n) is 11.8. The molecule has 0 bridgehead atoms. The summed E-state index contributed by atoms with van der Waals surface area (Å²) in [5, 5.41) is 11.1. The number of hydrogen-bond acceptors (Lipinski definition) is 6. The van der Waals surface area contributed by atoms with Gasteiger partial charge in [0.15, 0.2) is 5.65 Å². The van der Waals surface area contributed by atoms with E-state index >= 15 is 0 Å². The van der Waals surface area contributed by atoms with Crippen molar-refractivity contribution in [3.63, 3.8) is 0 Å². The van der Waals surface area contributed by atoms with E-state index in [-0.39, 0.29) is 5.91 Å². The zero-order valence-corrected chi connectivity index (χ0v) is 20.3. The Balaban J connectivity index is 1.39. The van der Waals surface area contributed by atoms with Crippen LogP contribution in [0.15, 0.2) is 60.9 Å². The normalized spacial score (nSPS) is 15.4. The molecule has 1 amide bonds. The lowest BCUT2D eigenvalue weighted by Crippen LogP contribution is -2.44. The van der Waals surface area contributed by atoms with Crippen LogP contribution in [0.4, 0.5) is 5.69 Å². The minimum Gasteiger partial charge on any atom is -0.384 e. The van der Waals surface area contributed by atoms with Crippen LogP contribution in [0.3, 0.4) is 0 Å². The number of piperazine rings is 1. The van der Waals surface area contributed by atoms with Gasteiger partial charge in [0.05, 0.1) is 11.9 Å². The van der Waals surface area contributed by atoms with Crippen molar-refractivity contribution in [2.24, 2.45) is 0 Å². The summed E-state index contributed by atoms with van der Waals surface area (Å²) >= 11 is 0. The molecular formula is C27H30N6O2. The number of likely N-dealkylation sites (N-methyl/N-ethyl adjacent to an activating group) is 1. The van der Waals surface area contributed by atoms with Gasteiger partial charge in [0.25, 0.3) is 5.91 Å². The maximum Gasteiger partial charge on any atom is 0.253 e. The number of H-pyrrole nitrogens is 1. The molecule has 1 unspecified atom stereocenters. The molecule has 1 atom stereocenters. The Morgan fingerprint density at radius 1 is 1.03 bits per heavy atom. The van der Waals surface area contributed by atoms with Crippen LogP contribution >= 0.6 is 0 Å². The van der Waals surface area contributed by atoms with Crippen molar-refractivity contribution in [1.29, 1.82) is 0 Å². The summed E-state index contributed by atoms with van der Waals surface area (Å²) in [4.78, 5) is 30.9. The summed E-state index contributed by atoms with van der Waals surface area (Å²) in [7, 11) is 5.59. The van der Waals surface area contributed by atoms with Gasteiger partial charge in [0.1, 0.15) is 11.6 Å². The topological polar surface area (TPSA) is 88.6 Å². The second kappa shape index (κ2) is 9.48. The molecule has 1 aliphatic rings. The Bertz CT molecular complexity index is 1320. The van der Waals surface area contributed by atoms with Crippen LogP contribution in [0.2, 0.25) is 0 Å². The van der Waals surface area contributed by atoms with Crippen LogP contribution in [0.1, 0.15) is 27.6 Å². The van der Waals surface area contributed by atoms with Crippen molar-refractivity contribution in [2.75, 3.05) is 52.2 Å². The number of benzene rings is 2. The third-order valence-electron chi connectivity index (χ3n) is 6.62. The monoisotopic (exact) mass is 470 g/mol. The van der Waals surface area contributed by atoms with Crippen LogP contribution in [-0.2, 0) is 0 Å². The van der Waals surface area contributed by atoms with E-state index in [1.165, 1.54) is 10.6 Å². The lowest BCUT2D eigenvalue weighted by atomic mass is 10.0. The molecule has 0 radical (unpaired) electrons. The first-order chi connectivity index (χ1) is 16.9. The lowest BCUT2D eigenvalue weighted by molar-refractivity contribution is 0.0827. The van der Waals surface area contributed by atoms with Gasteiger partial charge in [-0.3, -0.25) is 4.79 Å². The van der Waals surface area contributed by atoms with Crippen LogP contribution in [-0.4, -0.2) is 83.1 Å². The second-order valence-corrected chi connectivity index (χ2v) is 9.26. The SMILES string of the molecule is CN1CCN(c2ccc(-c3cnc4[nH]cc(C(O)c5ccc(C(=O)N(C)C)cc5)c4n3)cc2)CC1. The average molecular weight is 471 g/mol. The first kappa shape index (κ1) is 23.0. The highest BCUT2D eigenvalue weighted by Gasteiger charge is 2.19. The molecule has 35 heavy (non-hydrogen) atoms. The van der Waals surface area contributed by atoms with Crippen LogP contribution < -0.4 is 4.90 Å². The molecule has 180 valence electrons. The highest BCUT2D eigenvalue weighted by molar-refractivity contribution is 5.93. The highest BCUT2D eigenvalue weighted by atomic mass is 16.3. The number of carbonyl (C=O) groups is 1. The molecule has 5 rings (SSSR count). The number of carbonyl (C=O) groups excluding carboxylic acids is 1. The molecule has 1 fully saturated rings. The number of nitrogens with zero attached hydrogens (tertiary/aromatic N) is 5. The molecule has 8 heteroatoms. The Morgan fingerprint density at radius 2 is 1.71 bits per heavy atom. The molecule has 1 saturated heterocycles. The van der Waals surface area contributed by atoms with Crippen molar-refractivity contribution < 1.29 is 9.90 Å². The van der Waals surface area contributed by atoms with E-state index in [2.05, 4.69) is 51.1 Å². The summed E-state index contributed by atoms with van der Waals surface area (Å²) in [5.74, 6) is -0.0766. The number of fused-ring (bicyclic) bond motifs is 1. The van der Waals surface area contributed by atoms with Gasteiger partial charge in [-0.05, 0) is 36.9 Å². The number of rotatable bonds is 5. The number of hydrogen-bond donors (Lipinski definition) is 2.